The lowest BCUT2D eigenvalue weighted by Crippen LogP contribution is -2.51. The minimum atomic E-state index is -3.39. The molecule has 2 aromatic heterocycles. The van der Waals surface area contributed by atoms with E-state index in [0.29, 0.717) is 23.3 Å². The molecular weight excluding hydrogens is 465 g/mol. The SMILES string of the molecule is CC(O)c1nc2c(F)cc(-c3ncnc(N[C@@H]4CCN(S(C)(=O)=O)C[C@H]4O)n3)cc2n1C(C)C. The molecule has 1 saturated heterocycles. The smallest absolute Gasteiger partial charge is 0.226 e. The van der Waals surface area contributed by atoms with Gasteiger partial charge in [-0.25, -0.2) is 27.8 Å². The number of halogens is 1. The molecule has 0 saturated carbocycles. The molecule has 34 heavy (non-hydrogen) atoms. The van der Waals surface area contributed by atoms with Crippen LogP contribution in [0.2, 0.25) is 0 Å². The van der Waals surface area contributed by atoms with Crippen LogP contribution in [0.1, 0.15) is 45.2 Å². The van der Waals surface area contributed by atoms with E-state index in [-0.39, 0.29) is 36.4 Å². The molecule has 1 unspecified atom stereocenters. The quantitative estimate of drug-likeness (QED) is 0.464. The van der Waals surface area contributed by atoms with Crippen molar-refractivity contribution < 1.29 is 23.0 Å². The van der Waals surface area contributed by atoms with Gasteiger partial charge >= 0.3 is 0 Å². The van der Waals surface area contributed by atoms with Crippen molar-refractivity contribution in [3.63, 3.8) is 0 Å². The van der Waals surface area contributed by atoms with Crippen LogP contribution in [0.15, 0.2) is 18.5 Å². The monoisotopic (exact) mass is 493 g/mol. The molecule has 4 rings (SSSR count). The first kappa shape index (κ1) is 24.4. The Morgan fingerprint density at radius 2 is 1.94 bits per heavy atom. The fourth-order valence-electron chi connectivity index (χ4n) is 4.18. The van der Waals surface area contributed by atoms with E-state index in [1.54, 1.807) is 17.6 Å². The first-order valence-electron chi connectivity index (χ1n) is 10.9. The average molecular weight is 494 g/mol. The molecule has 0 spiro atoms. The van der Waals surface area contributed by atoms with Crippen molar-refractivity contribution in [3.05, 3.63) is 30.1 Å². The first-order valence-corrected chi connectivity index (χ1v) is 12.8. The highest BCUT2D eigenvalue weighted by Gasteiger charge is 2.32. The molecule has 1 aliphatic rings. The standard InChI is InChI=1S/C21H28FN7O4S/c1-11(2)29-16-8-13(7-14(22)18(16)26-20(29)12(3)30)19-23-10-24-21(27-19)25-15-5-6-28(9-17(15)31)34(4,32)33/h7-8,10-12,15,17,30-31H,5-6,9H2,1-4H3,(H,23,24,25,27)/t12?,15-,17-/m1/s1. The first-order chi connectivity index (χ1) is 16.0. The molecule has 0 aliphatic carbocycles. The maximum atomic E-state index is 15.0. The number of piperidine rings is 1. The molecule has 13 heteroatoms. The number of aliphatic hydroxyl groups is 2. The van der Waals surface area contributed by atoms with E-state index in [0.717, 1.165) is 6.26 Å². The topological polar surface area (TPSA) is 146 Å². The number of imidazole rings is 1. The minimum Gasteiger partial charge on any atom is -0.390 e. The van der Waals surface area contributed by atoms with E-state index < -0.39 is 34.1 Å². The van der Waals surface area contributed by atoms with Gasteiger partial charge in [-0.3, -0.25) is 0 Å². The number of sulfonamides is 1. The van der Waals surface area contributed by atoms with Crippen molar-refractivity contribution in [3.8, 4) is 11.4 Å². The third kappa shape index (κ3) is 4.73. The second kappa shape index (κ2) is 9.13. The fraction of sp³-hybridized carbons (Fsp3) is 0.524. The van der Waals surface area contributed by atoms with Crippen LogP contribution in [-0.4, -0.2) is 78.9 Å². The molecule has 0 radical (unpaired) electrons. The summed E-state index contributed by atoms with van der Waals surface area (Å²) in [5.74, 6) is 0.210. The van der Waals surface area contributed by atoms with Crippen LogP contribution in [0, 0.1) is 5.82 Å². The highest BCUT2D eigenvalue weighted by molar-refractivity contribution is 7.88. The molecular formula is C21H28FN7O4S. The Morgan fingerprint density at radius 3 is 2.56 bits per heavy atom. The third-order valence-electron chi connectivity index (χ3n) is 5.82. The lowest BCUT2D eigenvalue weighted by molar-refractivity contribution is 0.0950. The zero-order valence-corrected chi connectivity index (χ0v) is 20.2. The summed E-state index contributed by atoms with van der Waals surface area (Å²) >= 11 is 0. The van der Waals surface area contributed by atoms with E-state index in [1.807, 2.05) is 13.8 Å². The molecule has 3 heterocycles. The Bertz CT molecular complexity index is 1310. The van der Waals surface area contributed by atoms with Gasteiger partial charge in [-0.2, -0.15) is 9.29 Å². The van der Waals surface area contributed by atoms with Crippen LogP contribution in [0.4, 0.5) is 10.3 Å². The van der Waals surface area contributed by atoms with Gasteiger partial charge in [0, 0.05) is 24.7 Å². The summed E-state index contributed by atoms with van der Waals surface area (Å²) in [5.41, 5.74) is 1.07. The lowest BCUT2D eigenvalue weighted by atomic mass is 10.0. The van der Waals surface area contributed by atoms with Gasteiger partial charge in [-0.05, 0) is 39.3 Å². The van der Waals surface area contributed by atoms with E-state index in [2.05, 4.69) is 25.3 Å². The summed E-state index contributed by atoms with van der Waals surface area (Å²) in [6.45, 7) is 5.66. The number of nitrogens with zero attached hydrogens (tertiary/aromatic N) is 6. The summed E-state index contributed by atoms with van der Waals surface area (Å²) in [5, 5.41) is 23.6. The predicted molar refractivity (Wildman–Crippen MR) is 124 cm³/mol. The molecule has 3 aromatic rings. The zero-order valence-electron chi connectivity index (χ0n) is 19.3. The normalized spacial score (nSPS) is 20.7. The van der Waals surface area contributed by atoms with Crippen molar-refractivity contribution in [1.29, 1.82) is 0 Å². The highest BCUT2D eigenvalue weighted by Crippen LogP contribution is 2.30. The van der Waals surface area contributed by atoms with Gasteiger partial charge in [0.05, 0.1) is 23.9 Å². The molecule has 1 aliphatic heterocycles. The second-order valence-electron chi connectivity index (χ2n) is 8.80. The zero-order chi connectivity index (χ0) is 24.8. The maximum Gasteiger partial charge on any atom is 0.226 e. The number of anilines is 1. The summed E-state index contributed by atoms with van der Waals surface area (Å²) in [6.07, 6.45) is 0.942. The largest absolute Gasteiger partial charge is 0.390 e. The predicted octanol–water partition coefficient (Wildman–Crippen LogP) is 1.47. The number of nitrogens with one attached hydrogen (secondary N) is 1. The molecule has 11 nitrogen and oxygen atoms in total. The van der Waals surface area contributed by atoms with Crippen LogP contribution >= 0.6 is 0 Å². The summed E-state index contributed by atoms with van der Waals surface area (Å²) in [6, 6.07) is 2.47. The van der Waals surface area contributed by atoms with Crippen LogP contribution in [0.25, 0.3) is 22.4 Å². The Labute approximate surface area is 196 Å². The third-order valence-corrected chi connectivity index (χ3v) is 7.09. The molecule has 1 aromatic carbocycles. The van der Waals surface area contributed by atoms with Gasteiger partial charge < -0.3 is 20.1 Å². The average Bonchev–Trinajstić information content (AvgIpc) is 3.15. The maximum absolute atomic E-state index is 15.0. The van der Waals surface area contributed by atoms with E-state index in [9.17, 15) is 23.0 Å². The van der Waals surface area contributed by atoms with Crippen LogP contribution in [0.5, 0.6) is 0 Å². The van der Waals surface area contributed by atoms with Gasteiger partial charge in [-0.1, -0.05) is 0 Å². The molecule has 1 fully saturated rings. The van der Waals surface area contributed by atoms with Gasteiger partial charge in [0.25, 0.3) is 0 Å². The summed E-state index contributed by atoms with van der Waals surface area (Å²) < 4.78 is 41.5. The number of rotatable bonds is 6. The van der Waals surface area contributed by atoms with E-state index >= 15 is 0 Å². The Morgan fingerprint density at radius 1 is 1.21 bits per heavy atom. The number of aliphatic hydroxyl groups excluding tert-OH is 2. The second-order valence-corrected chi connectivity index (χ2v) is 10.8. The van der Waals surface area contributed by atoms with Crippen LogP contribution in [-0.2, 0) is 10.0 Å². The summed E-state index contributed by atoms with van der Waals surface area (Å²) in [4.78, 5) is 16.9. The van der Waals surface area contributed by atoms with Gasteiger partial charge in [0.15, 0.2) is 11.6 Å². The fourth-order valence-corrected chi connectivity index (χ4v) is 5.04. The van der Waals surface area contributed by atoms with Crippen molar-refractivity contribution >= 4 is 27.0 Å². The van der Waals surface area contributed by atoms with Gasteiger partial charge in [-0.15, -0.1) is 0 Å². The molecule has 184 valence electrons. The number of hydrogen-bond acceptors (Lipinski definition) is 9. The van der Waals surface area contributed by atoms with Crippen molar-refractivity contribution in [1.82, 2.24) is 28.8 Å². The Balaban J connectivity index is 1.64. The van der Waals surface area contributed by atoms with Crippen molar-refractivity contribution in [2.24, 2.45) is 0 Å². The molecule has 0 amide bonds. The van der Waals surface area contributed by atoms with Crippen molar-refractivity contribution in [2.75, 3.05) is 24.7 Å². The molecule has 0 bridgehead atoms. The van der Waals surface area contributed by atoms with E-state index in [1.165, 1.54) is 16.7 Å². The number of β-amino-alcohol motifs (C(OH)–C–C–N with tert-alkyl or cyclic N) is 1. The van der Waals surface area contributed by atoms with E-state index in [4.69, 9.17) is 0 Å². The Hall–Kier alpha value is -2.74. The van der Waals surface area contributed by atoms with Gasteiger partial charge in [0.2, 0.25) is 16.0 Å². The number of aromatic nitrogens is 5. The number of hydrogen-bond donors (Lipinski definition) is 3. The van der Waals surface area contributed by atoms with Gasteiger partial charge in [0.1, 0.15) is 23.8 Å². The summed E-state index contributed by atoms with van der Waals surface area (Å²) in [7, 11) is -3.39. The number of benzene rings is 1. The highest BCUT2D eigenvalue weighted by atomic mass is 32.2. The van der Waals surface area contributed by atoms with Crippen LogP contribution in [0.3, 0.4) is 0 Å². The number of fused-ring (bicyclic) bond motifs is 1. The lowest BCUT2D eigenvalue weighted by Gasteiger charge is -2.34. The minimum absolute atomic E-state index is 0.0267. The van der Waals surface area contributed by atoms with Crippen LogP contribution < -0.4 is 5.32 Å². The molecule has 3 N–H and O–H groups in total. The van der Waals surface area contributed by atoms with Crippen molar-refractivity contribution in [2.45, 2.75) is 51.5 Å². The molecule has 3 atom stereocenters. The Kier molecular flexibility index (Phi) is 6.55.